The first-order valence-corrected chi connectivity index (χ1v) is 5.52. The molecule has 4 heteroatoms. The summed E-state index contributed by atoms with van der Waals surface area (Å²) in [6, 6.07) is 2.00. The van der Waals surface area contributed by atoms with Crippen molar-refractivity contribution in [2.24, 2.45) is 0 Å². The maximum absolute atomic E-state index is 9.65. The van der Waals surface area contributed by atoms with E-state index in [9.17, 15) is 5.11 Å². The van der Waals surface area contributed by atoms with Crippen LogP contribution in [0.5, 0.6) is 0 Å². The Bertz CT molecular complexity index is 315. The van der Waals surface area contributed by atoms with Gasteiger partial charge in [0.2, 0.25) is 0 Å². The van der Waals surface area contributed by atoms with Crippen LogP contribution in [-0.4, -0.2) is 48.3 Å². The standard InChI is InChI=1S/C12H21N3O/c1-10-6-13-5-4-11(10)7-14-8-12(16)9-15(2)3/h4-6,12,14,16H,7-9H2,1-3H3. The van der Waals surface area contributed by atoms with Crippen LogP contribution in [0.15, 0.2) is 18.5 Å². The van der Waals surface area contributed by atoms with E-state index >= 15 is 0 Å². The van der Waals surface area contributed by atoms with Gasteiger partial charge in [-0.1, -0.05) is 0 Å². The minimum absolute atomic E-state index is 0.322. The van der Waals surface area contributed by atoms with Crippen LogP contribution < -0.4 is 5.32 Å². The van der Waals surface area contributed by atoms with Gasteiger partial charge in [0.1, 0.15) is 0 Å². The van der Waals surface area contributed by atoms with Crippen LogP contribution >= 0.6 is 0 Å². The van der Waals surface area contributed by atoms with Crippen LogP contribution in [0.2, 0.25) is 0 Å². The van der Waals surface area contributed by atoms with Crippen LogP contribution in [0.25, 0.3) is 0 Å². The van der Waals surface area contributed by atoms with E-state index in [4.69, 9.17) is 0 Å². The van der Waals surface area contributed by atoms with Crippen molar-refractivity contribution in [2.45, 2.75) is 19.6 Å². The highest BCUT2D eigenvalue weighted by Gasteiger charge is 2.05. The Kier molecular flexibility index (Phi) is 5.38. The fraction of sp³-hybridized carbons (Fsp3) is 0.583. The summed E-state index contributed by atoms with van der Waals surface area (Å²) in [5.74, 6) is 0. The Morgan fingerprint density at radius 2 is 2.25 bits per heavy atom. The number of rotatable bonds is 6. The molecular formula is C12H21N3O. The van der Waals surface area contributed by atoms with Gasteiger partial charge in [-0.3, -0.25) is 4.98 Å². The second-order valence-electron chi connectivity index (χ2n) is 4.35. The second kappa shape index (κ2) is 6.58. The monoisotopic (exact) mass is 223 g/mol. The zero-order valence-electron chi connectivity index (χ0n) is 10.3. The fourth-order valence-corrected chi connectivity index (χ4v) is 1.56. The Morgan fingerprint density at radius 1 is 1.50 bits per heavy atom. The number of nitrogens with zero attached hydrogens (tertiary/aromatic N) is 2. The van der Waals surface area contributed by atoms with Crippen molar-refractivity contribution in [1.29, 1.82) is 0 Å². The predicted octanol–water partition coefficient (Wildman–Crippen LogP) is 0.402. The first-order valence-electron chi connectivity index (χ1n) is 5.52. The average molecular weight is 223 g/mol. The molecule has 0 bridgehead atoms. The van der Waals surface area contributed by atoms with E-state index in [0.717, 1.165) is 6.54 Å². The molecule has 1 rings (SSSR count). The average Bonchev–Trinajstić information content (AvgIpc) is 2.19. The second-order valence-corrected chi connectivity index (χ2v) is 4.35. The smallest absolute Gasteiger partial charge is 0.0791 e. The zero-order valence-corrected chi connectivity index (χ0v) is 10.3. The largest absolute Gasteiger partial charge is 0.390 e. The third kappa shape index (κ3) is 4.70. The van der Waals surface area contributed by atoms with Gasteiger partial charge in [0, 0.05) is 32.0 Å². The Balaban J connectivity index is 2.28. The molecule has 1 atom stereocenters. The van der Waals surface area contributed by atoms with Crippen molar-refractivity contribution in [3.05, 3.63) is 29.6 Å². The van der Waals surface area contributed by atoms with Gasteiger partial charge in [-0.05, 0) is 38.2 Å². The third-order valence-electron chi connectivity index (χ3n) is 2.41. The van der Waals surface area contributed by atoms with Gasteiger partial charge in [0.05, 0.1) is 6.10 Å². The summed E-state index contributed by atoms with van der Waals surface area (Å²) in [4.78, 5) is 6.02. The number of hydrogen-bond donors (Lipinski definition) is 2. The molecule has 0 amide bonds. The first kappa shape index (κ1) is 13.1. The van der Waals surface area contributed by atoms with E-state index in [1.54, 1.807) is 6.20 Å². The van der Waals surface area contributed by atoms with E-state index in [0.29, 0.717) is 13.1 Å². The van der Waals surface area contributed by atoms with Gasteiger partial charge < -0.3 is 15.3 Å². The first-order chi connectivity index (χ1) is 7.59. The number of likely N-dealkylation sites (N-methyl/N-ethyl adjacent to an activating group) is 1. The van der Waals surface area contributed by atoms with Gasteiger partial charge in [-0.2, -0.15) is 0 Å². The molecule has 0 aliphatic rings. The van der Waals surface area contributed by atoms with Crippen molar-refractivity contribution in [1.82, 2.24) is 15.2 Å². The molecule has 0 radical (unpaired) electrons. The summed E-state index contributed by atoms with van der Waals surface area (Å²) < 4.78 is 0. The quantitative estimate of drug-likeness (QED) is 0.733. The molecule has 2 N–H and O–H groups in total. The molecule has 90 valence electrons. The minimum atomic E-state index is -0.322. The maximum Gasteiger partial charge on any atom is 0.0791 e. The summed E-state index contributed by atoms with van der Waals surface area (Å²) in [7, 11) is 3.91. The van der Waals surface area contributed by atoms with E-state index in [1.165, 1.54) is 11.1 Å². The number of pyridine rings is 1. The molecule has 4 nitrogen and oxygen atoms in total. The lowest BCUT2D eigenvalue weighted by Gasteiger charge is -2.16. The van der Waals surface area contributed by atoms with Gasteiger partial charge in [-0.15, -0.1) is 0 Å². The SMILES string of the molecule is Cc1cnccc1CNCC(O)CN(C)C. The highest BCUT2D eigenvalue weighted by molar-refractivity contribution is 5.21. The third-order valence-corrected chi connectivity index (χ3v) is 2.41. The topological polar surface area (TPSA) is 48.4 Å². The molecule has 1 unspecified atom stereocenters. The predicted molar refractivity (Wildman–Crippen MR) is 65.2 cm³/mol. The molecule has 1 heterocycles. The lowest BCUT2D eigenvalue weighted by atomic mass is 10.1. The van der Waals surface area contributed by atoms with E-state index in [1.807, 2.05) is 38.2 Å². The lowest BCUT2D eigenvalue weighted by molar-refractivity contribution is 0.134. The molecule has 0 saturated heterocycles. The van der Waals surface area contributed by atoms with Crippen molar-refractivity contribution >= 4 is 0 Å². The highest BCUT2D eigenvalue weighted by atomic mass is 16.3. The number of nitrogens with one attached hydrogen (secondary N) is 1. The molecule has 0 aliphatic heterocycles. The lowest BCUT2D eigenvalue weighted by Crippen LogP contribution is -2.34. The molecule has 0 aromatic carbocycles. The molecule has 0 saturated carbocycles. The van der Waals surface area contributed by atoms with Crippen LogP contribution in [0.1, 0.15) is 11.1 Å². The van der Waals surface area contributed by atoms with E-state index in [2.05, 4.69) is 10.3 Å². The van der Waals surface area contributed by atoms with E-state index in [-0.39, 0.29) is 6.10 Å². The number of aryl methyl sites for hydroxylation is 1. The van der Waals surface area contributed by atoms with Crippen LogP contribution in [0, 0.1) is 6.92 Å². The summed E-state index contributed by atoms with van der Waals surface area (Å²) in [6.45, 7) is 4.11. The van der Waals surface area contributed by atoms with Crippen molar-refractivity contribution in [2.75, 3.05) is 27.2 Å². The number of aliphatic hydroxyl groups excluding tert-OH is 1. The molecule has 0 aliphatic carbocycles. The molecule has 1 aromatic heterocycles. The summed E-state index contributed by atoms with van der Waals surface area (Å²) in [5, 5.41) is 12.9. The summed E-state index contributed by atoms with van der Waals surface area (Å²) in [6.07, 6.45) is 3.32. The van der Waals surface area contributed by atoms with E-state index < -0.39 is 0 Å². The van der Waals surface area contributed by atoms with Crippen LogP contribution in [0.3, 0.4) is 0 Å². The van der Waals surface area contributed by atoms with Gasteiger partial charge in [0.15, 0.2) is 0 Å². The molecule has 0 fully saturated rings. The van der Waals surface area contributed by atoms with Crippen molar-refractivity contribution in [3.8, 4) is 0 Å². The number of aromatic nitrogens is 1. The maximum atomic E-state index is 9.65. The minimum Gasteiger partial charge on any atom is -0.390 e. The normalized spacial score (nSPS) is 13.1. The molecular weight excluding hydrogens is 202 g/mol. The number of aliphatic hydroxyl groups is 1. The van der Waals surface area contributed by atoms with Crippen LogP contribution in [-0.2, 0) is 6.54 Å². The van der Waals surface area contributed by atoms with Crippen molar-refractivity contribution in [3.63, 3.8) is 0 Å². The Hall–Kier alpha value is -0.970. The molecule has 1 aromatic rings. The molecule has 0 spiro atoms. The zero-order chi connectivity index (χ0) is 12.0. The Labute approximate surface area is 97.3 Å². The number of hydrogen-bond acceptors (Lipinski definition) is 4. The van der Waals surface area contributed by atoms with Gasteiger partial charge in [0.25, 0.3) is 0 Å². The highest BCUT2D eigenvalue weighted by Crippen LogP contribution is 2.03. The van der Waals surface area contributed by atoms with Crippen LogP contribution in [0.4, 0.5) is 0 Å². The summed E-state index contributed by atoms with van der Waals surface area (Å²) in [5.41, 5.74) is 2.41. The van der Waals surface area contributed by atoms with Crippen molar-refractivity contribution < 1.29 is 5.11 Å². The molecule has 16 heavy (non-hydrogen) atoms. The Morgan fingerprint density at radius 3 is 2.88 bits per heavy atom. The fourth-order valence-electron chi connectivity index (χ4n) is 1.56. The van der Waals surface area contributed by atoms with Gasteiger partial charge >= 0.3 is 0 Å². The summed E-state index contributed by atoms with van der Waals surface area (Å²) >= 11 is 0. The van der Waals surface area contributed by atoms with Gasteiger partial charge in [-0.25, -0.2) is 0 Å².